The van der Waals surface area contributed by atoms with Crippen molar-refractivity contribution in [2.45, 2.75) is 18.7 Å². The molecule has 0 N–H and O–H groups in total. The molecule has 0 heterocycles. The molecule has 0 bridgehead atoms. The third kappa shape index (κ3) is 5.47. The van der Waals surface area contributed by atoms with E-state index in [1.807, 2.05) is 23.9 Å². The van der Waals surface area contributed by atoms with Gasteiger partial charge in [0.25, 0.3) is 0 Å². The molecule has 1 nitrogen and oxygen atoms in total. The topological polar surface area (TPSA) is 9.23 Å². The van der Waals surface area contributed by atoms with E-state index < -0.39 is 0 Å². The minimum atomic E-state index is 0.818. The lowest BCUT2D eigenvalue weighted by molar-refractivity contribution is 0.318. The summed E-state index contributed by atoms with van der Waals surface area (Å²) in [7, 11) is 0. The van der Waals surface area contributed by atoms with Gasteiger partial charge in [0.05, 0.1) is 6.61 Å². The zero-order valence-electron chi connectivity index (χ0n) is 9.04. The minimum absolute atomic E-state index is 0.818. The Labute approximate surface area is 105 Å². The Bertz CT molecular complexity index is 278. The third-order valence-corrected chi connectivity index (χ3v) is 3.59. The van der Waals surface area contributed by atoms with E-state index in [0.29, 0.717) is 0 Å². The van der Waals surface area contributed by atoms with Gasteiger partial charge in [0, 0.05) is 5.33 Å². The second kappa shape index (κ2) is 8.05. The molecule has 0 aliphatic heterocycles. The maximum atomic E-state index is 5.66. The second-order valence-corrected chi connectivity index (χ2v) is 5.13. The highest BCUT2D eigenvalue weighted by molar-refractivity contribution is 9.08. The highest BCUT2D eigenvalue weighted by Gasteiger charge is 1.95. The molecule has 84 valence electrons. The Morgan fingerprint density at radius 3 is 3.00 bits per heavy atom. The van der Waals surface area contributed by atoms with Crippen LogP contribution in [0.15, 0.2) is 24.3 Å². The molecule has 0 aromatic heterocycles. The minimum Gasteiger partial charge on any atom is -0.494 e. The van der Waals surface area contributed by atoms with E-state index in [1.54, 1.807) is 0 Å². The number of halogens is 1. The molecule has 3 heteroatoms. The molecule has 0 amide bonds. The SMILES string of the molecule is CCSCCCOc1cccc(CBr)c1. The maximum absolute atomic E-state index is 5.66. The fourth-order valence-corrected chi connectivity index (χ4v) is 2.17. The van der Waals surface area contributed by atoms with Crippen LogP contribution in [0.5, 0.6) is 5.75 Å². The molecule has 0 saturated carbocycles. The van der Waals surface area contributed by atoms with Crippen molar-refractivity contribution in [2.75, 3.05) is 18.1 Å². The second-order valence-electron chi connectivity index (χ2n) is 3.18. The monoisotopic (exact) mass is 288 g/mol. The van der Waals surface area contributed by atoms with Crippen LogP contribution < -0.4 is 4.74 Å². The van der Waals surface area contributed by atoms with Gasteiger partial charge in [-0.3, -0.25) is 0 Å². The number of thioether (sulfide) groups is 1. The Morgan fingerprint density at radius 2 is 2.27 bits per heavy atom. The molecular formula is C12H17BrOS. The molecule has 0 aliphatic rings. The summed E-state index contributed by atoms with van der Waals surface area (Å²) in [5.41, 5.74) is 1.26. The Balaban J connectivity index is 2.24. The van der Waals surface area contributed by atoms with Crippen molar-refractivity contribution >= 4 is 27.7 Å². The normalized spacial score (nSPS) is 10.3. The van der Waals surface area contributed by atoms with Gasteiger partial charge in [-0.2, -0.15) is 11.8 Å². The molecular weight excluding hydrogens is 272 g/mol. The van der Waals surface area contributed by atoms with E-state index in [4.69, 9.17) is 4.74 Å². The van der Waals surface area contributed by atoms with Crippen LogP contribution in [-0.2, 0) is 5.33 Å². The highest BCUT2D eigenvalue weighted by Crippen LogP contribution is 2.15. The van der Waals surface area contributed by atoms with Crippen molar-refractivity contribution in [3.63, 3.8) is 0 Å². The van der Waals surface area contributed by atoms with E-state index in [0.717, 1.165) is 24.1 Å². The molecule has 0 unspecified atom stereocenters. The van der Waals surface area contributed by atoms with Gasteiger partial charge in [0.2, 0.25) is 0 Å². The van der Waals surface area contributed by atoms with E-state index >= 15 is 0 Å². The number of hydrogen-bond donors (Lipinski definition) is 0. The Kier molecular flexibility index (Phi) is 6.94. The number of benzene rings is 1. The first-order chi connectivity index (χ1) is 7.36. The van der Waals surface area contributed by atoms with Crippen LogP contribution in [0.4, 0.5) is 0 Å². The average molecular weight is 289 g/mol. The van der Waals surface area contributed by atoms with E-state index in [-0.39, 0.29) is 0 Å². The van der Waals surface area contributed by atoms with Crippen molar-refractivity contribution in [1.29, 1.82) is 0 Å². The van der Waals surface area contributed by atoms with Gasteiger partial charge in [-0.05, 0) is 35.6 Å². The zero-order chi connectivity index (χ0) is 10.9. The van der Waals surface area contributed by atoms with Gasteiger partial charge in [-0.1, -0.05) is 35.0 Å². The molecule has 0 radical (unpaired) electrons. The molecule has 0 fully saturated rings. The lowest BCUT2D eigenvalue weighted by Crippen LogP contribution is -1.99. The number of rotatable bonds is 7. The lowest BCUT2D eigenvalue weighted by atomic mass is 10.2. The van der Waals surface area contributed by atoms with Crippen LogP contribution in [0.3, 0.4) is 0 Å². The summed E-state index contributed by atoms with van der Waals surface area (Å²) in [6.07, 6.45) is 1.12. The van der Waals surface area contributed by atoms with E-state index in [9.17, 15) is 0 Å². The summed E-state index contributed by atoms with van der Waals surface area (Å²) in [5, 5.41) is 0.885. The maximum Gasteiger partial charge on any atom is 0.119 e. The summed E-state index contributed by atoms with van der Waals surface area (Å²) in [5.74, 6) is 3.36. The highest BCUT2D eigenvalue weighted by atomic mass is 79.9. The van der Waals surface area contributed by atoms with Crippen molar-refractivity contribution in [3.05, 3.63) is 29.8 Å². The van der Waals surface area contributed by atoms with Crippen LogP contribution in [0, 0.1) is 0 Å². The Hall–Kier alpha value is -0.150. The molecule has 0 atom stereocenters. The first kappa shape index (κ1) is 12.9. The van der Waals surface area contributed by atoms with Gasteiger partial charge in [0.15, 0.2) is 0 Å². The fourth-order valence-electron chi connectivity index (χ4n) is 1.21. The van der Waals surface area contributed by atoms with Crippen LogP contribution in [0.25, 0.3) is 0 Å². The molecule has 1 rings (SSSR count). The first-order valence-corrected chi connectivity index (χ1v) is 7.50. The van der Waals surface area contributed by atoms with Crippen LogP contribution >= 0.6 is 27.7 Å². The summed E-state index contributed by atoms with van der Waals surface area (Å²) < 4.78 is 5.66. The van der Waals surface area contributed by atoms with E-state index in [2.05, 4.69) is 35.0 Å². The lowest BCUT2D eigenvalue weighted by Gasteiger charge is -2.06. The third-order valence-electron chi connectivity index (χ3n) is 1.96. The van der Waals surface area contributed by atoms with Crippen LogP contribution in [0.2, 0.25) is 0 Å². The summed E-state index contributed by atoms with van der Waals surface area (Å²) >= 11 is 5.40. The predicted molar refractivity (Wildman–Crippen MR) is 72.2 cm³/mol. The average Bonchev–Trinajstić information content (AvgIpc) is 2.29. The Morgan fingerprint density at radius 1 is 1.40 bits per heavy atom. The summed E-state index contributed by atoms with van der Waals surface area (Å²) in [6.45, 7) is 3.00. The standard InChI is InChI=1S/C12H17BrOS/c1-2-15-8-4-7-14-12-6-3-5-11(9-12)10-13/h3,5-6,9H,2,4,7-8,10H2,1H3. The summed E-state index contributed by atoms with van der Waals surface area (Å²) in [6, 6.07) is 8.22. The van der Waals surface area contributed by atoms with E-state index in [1.165, 1.54) is 17.1 Å². The molecule has 0 aliphatic carbocycles. The smallest absolute Gasteiger partial charge is 0.119 e. The number of hydrogen-bond acceptors (Lipinski definition) is 2. The predicted octanol–water partition coefficient (Wildman–Crippen LogP) is 4.10. The first-order valence-electron chi connectivity index (χ1n) is 5.22. The van der Waals surface area contributed by atoms with Crippen molar-refractivity contribution in [2.24, 2.45) is 0 Å². The fraction of sp³-hybridized carbons (Fsp3) is 0.500. The molecule has 0 spiro atoms. The number of alkyl halides is 1. The van der Waals surface area contributed by atoms with Crippen molar-refractivity contribution in [3.8, 4) is 5.75 Å². The summed E-state index contributed by atoms with van der Waals surface area (Å²) in [4.78, 5) is 0. The zero-order valence-corrected chi connectivity index (χ0v) is 11.4. The van der Waals surface area contributed by atoms with Gasteiger partial charge in [0.1, 0.15) is 5.75 Å². The number of ether oxygens (including phenoxy) is 1. The van der Waals surface area contributed by atoms with Crippen molar-refractivity contribution in [1.82, 2.24) is 0 Å². The van der Waals surface area contributed by atoms with Crippen molar-refractivity contribution < 1.29 is 4.74 Å². The van der Waals surface area contributed by atoms with Gasteiger partial charge in [-0.15, -0.1) is 0 Å². The van der Waals surface area contributed by atoms with Gasteiger partial charge in [-0.25, -0.2) is 0 Å². The molecule has 1 aromatic rings. The van der Waals surface area contributed by atoms with Gasteiger partial charge >= 0.3 is 0 Å². The quantitative estimate of drug-likeness (QED) is 0.552. The van der Waals surface area contributed by atoms with Gasteiger partial charge < -0.3 is 4.74 Å². The molecule has 15 heavy (non-hydrogen) atoms. The van der Waals surface area contributed by atoms with Crippen LogP contribution in [0.1, 0.15) is 18.9 Å². The molecule has 0 saturated heterocycles. The largest absolute Gasteiger partial charge is 0.494 e. The molecule has 1 aromatic carbocycles. The van der Waals surface area contributed by atoms with Crippen LogP contribution in [-0.4, -0.2) is 18.1 Å².